The molecule has 0 aliphatic heterocycles. The van der Waals surface area contributed by atoms with Gasteiger partial charge in [0.15, 0.2) is 46.0 Å². The number of hydrogen-bond donors (Lipinski definition) is 1. The van der Waals surface area contributed by atoms with Gasteiger partial charge in [0.05, 0.1) is 66.5 Å². The number of unbranched alkanes of at least 4 members (excludes halogenated alkanes) is 27. The highest BCUT2D eigenvalue weighted by molar-refractivity contribution is 5.89. The summed E-state index contributed by atoms with van der Waals surface area (Å²) < 4.78 is 79.5. The molecule has 0 saturated carbocycles. The van der Waals surface area contributed by atoms with Crippen LogP contribution in [0.4, 0.5) is 0 Å². The first-order valence-corrected chi connectivity index (χ1v) is 38.5. The summed E-state index contributed by atoms with van der Waals surface area (Å²) in [7, 11) is 4.82. The fourth-order valence-corrected chi connectivity index (χ4v) is 12.3. The molecule has 0 spiro atoms. The van der Waals surface area contributed by atoms with E-state index in [0.717, 1.165) is 55.2 Å². The second-order valence-electron chi connectivity index (χ2n) is 26.7. The zero-order valence-corrected chi connectivity index (χ0v) is 62.5. The SMILES string of the molecule is CCCCCCCCCCCCOc1ccc(C(OCc2ccccc2)Oc2cc(C(=O)O)cc(OC(OCc3ccccc3)c3ccc(OCCCCCCCCCCCC)c(OC)c3)c2OC(OCc2ccccc2)c2ccc(OCCCCCCCCCCCC)c(OC)c2)cc1OC. The number of rotatable bonds is 58. The average molecular weight is 1400 g/mol. The quantitative estimate of drug-likeness (QED) is 0.0285. The minimum atomic E-state index is -1.26. The van der Waals surface area contributed by atoms with Crippen LogP contribution in [0.3, 0.4) is 0 Å². The Morgan fingerprint density at radius 3 is 0.833 bits per heavy atom. The Morgan fingerprint density at radius 2 is 0.569 bits per heavy atom. The highest BCUT2D eigenvalue weighted by Crippen LogP contribution is 2.47. The Kier molecular flexibility index (Phi) is 39.6. The van der Waals surface area contributed by atoms with Crippen molar-refractivity contribution in [1.29, 1.82) is 0 Å². The first-order chi connectivity index (χ1) is 50.2. The summed E-state index contributed by atoms with van der Waals surface area (Å²) in [6, 6.07) is 48.8. The number of ether oxygens (including phenoxy) is 12. The lowest BCUT2D eigenvalue weighted by Crippen LogP contribution is -2.18. The van der Waals surface area contributed by atoms with Crippen molar-refractivity contribution in [2.24, 2.45) is 0 Å². The molecule has 556 valence electrons. The molecular weight excluding hydrogens is 1280 g/mol. The van der Waals surface area contributed by atoms with Crippen LogP contribution in [0.1, 0.15) is 276 Å². The second kappa shape index (κ2) is 49.7. The molecule has 0 amide bonds. The summed E-state index contributed by atoms with van der Waals surface area (Å²) in [5.74, 6) is 1.77. The number of methoxy groups -OCH3 is 3. The Balaban J connectivity index is 1.27. The lowest BCUT2D eigenvalue weighted by molar-refractivity contribution is -0.115. The van der Waals surface area contributed by atoms with Gasteiger partial charge in [-0.2, -0.15) is 0 Å². The van der Waals surface area contributed by atoms with E-state index in [1.165, 1.54) is 166 Å². The van der Waals surface area contributed by atoms with Crippen LogP contribution in [0.5, 0.6) is 51.7 Å². The van der Waals surface area contributed by atoms with E-state index in [0.29, 0.717) is 71.0 Å². The molecule has 0 fully saturated rings. The van der Waals surface area contributed by atoms with Crippen molar-refractivity contribution in [1.82, 2.24) is 0 Å². The van der Waals surface area contributed by atoms with Crippen molar-refractivity contribution >= 4 is 5.97 Å². The van der Waals surface area contributed by atoms with Gasteiger partial charge in [-0.1, -0.05) is 285 Å². The molecule has 0 aliphatic carbocycles. The summed E-state index contributed by atoms with van der Waals surface area (Å²) in [6.07, 6.45) is 32.8. The smallest absolute Gasteiger partial charge is 0.335 e. The van der Waals surface area contributed by atoms with Gasteiger partial charge in [0.25, 0.3) is 0 Å². The van der Waals surface area contributed by atoms with Gasteiger partial charge in [-0.15, -0.1) is 0 Å². The number of carboxylic acids is 1. The standard InChI is InChI=1S/C88H120O14/c1-7-10-13-16-19-22-25-28-31-43-58-94-76-55-52-72(61-79(76)91-4)86(97-66-69-46-37-34-38-47-69)100-82-64-75(85(89)90)65-83(101-87(98-67-70-48-39-35-40-49-70)73-53-56-77(80(62-73)92-5)95-59-44-32-29-26-23-20-17-14-11-8-2)84(82)102-88(99-68-71-50-41-36-42-51-71)74-54-57-78(81(63-74)93-6)96-60-45-33-30-27-24-21-18-15-12-9-3/h34-42,46-57,61-65,86-88H,7-33,43-45,58-60,66-68H2,1-6H3,(H,89,90). The van der Waals surface area contributed by atoms with Crippen molar-refractivity contribution in [3.8, 4) is 51.7 Å². The molecule has 0 aromatic heterocycles. The van der Waals surface area contributed by atoms with Gasteiger partial charge in [0.2, 0.25) is 24.6 Å². The van der Waals surface area contributed by atoms with Crippen molar-refractivity contribution in [2.45, 2.75) is 252 Å². The van der Waals surface area contributed by atoms with Crippen LogP contribution in [0.15, 0.2) is 158 Å². The Morgan fingerprint density at radius 1 is 0.304 bits per heavy atom. The van der Waals surface area contributed by atoms with Crippen LogP contribution < -0.4 is 42.6 Å². The molecule has 7 aromatic carbocycles. The maximum atomic E-state index is 13.7. The molecular formula is C88H120O14. The van der Waals surface area contributed by atoms with Gasteiger partial charge < -0.3 is 61.9 Å². The first-order valence-electron chi connectivity index (χ1n) is 38.5. The first kappa shape index (κ1) is 81.4. The fraction of sp³-hybridized carbons (Fsp3) is 0.511. The normalized spacial score (nSPS) is 12.1. The summed E-state index contributed by atoms with van der Waals surface area (Å²) in [6.45, 7) is 8.66. The van der Waals surface area contributed by atoms with Crippen LogP contribution in [0, 0.1) is 0 Å². The van der Waals surface area contributed by atoms with Crippen molar-refractivity contribution < 1.29 is 66.7 Å². The average Bonchev–Trinajstić information content (AvgIpc) is 0.787. The predicted molar refractivity (Wildman–Crippen MR) is 408 cm³/mol. The summed E-state index contributed by atoms with van der Waals surface area (Å²) >= 11 is 0. The van der Waals surface area contributed by atoms with E-state index in [9.17, 15) is 9.90 Å². The summed E-state index contributed by atoms with van der Waals surface area (Å²) in [5.41, 5.74) is 4.09. The molecule has 0 heterocycles. The third-order valence-electron chi connectivity index (χ3n) is 18.3. The number of carboxylic acid groups (broad SMARTS) is 1. The van der Waals surface area contributed by atoms with E-state index in [1.807, 2.05) is 146 Å². The second-order valence-corrected chi connectivity index (χ2v) is 26.7. The Hall–Kier alpha value is -7.91. The maximum absolute atomic E-state index is 13.7. The van der Waals surface area contributed by atoms with E-state index in [2.05, 4.69) is 20.8 Å². The molecule has 0 saturated heterocycles. The van der Waals surface area contributed by atoms with Gasteiger partial charge in [0.1, 0.15) is 0 Å². The Bertz CT molecular complexity index is 3190. The summed E-state index contributed by atoms with van der Waals surface area (Å²) in [4.78, 5) is 13.7. The number of aromatic carboxylic acids is 1. The highest BCUT2D eigenvalue weighted by atomic mass is 16.7. The van der Waals surface area contributed by atoms with Crippen LogP contribution >= 0.6 is 0 Å². The zero-order valence-electron chi connectivity index (χ0n) is 62.5. The van der Waals surface area contributed by atoms with Crippen LogP contribution in [0.25, 0.3) is 0 Å². The predicted octanol–water partition coefficient (Wildman–Crippen LogP) is 24.2. The molecule has 1 N–H and O–H groups in total. The fourth-order valence-electron chi connectivity index (χ4n) is 12.3. The van der Waals surface area contributed by atoms with Crippen LogP contribution in [-0.4, -0.2) is 52.2 Å². The lowest BCUT2D eigenvalue weighted by Gasteiger charge is -2.28. The lowest BCUT2D eigenvalue weighted by atomic mass is 10.1. The van der Waals surface area contributed by atoms with E-state index in [-0.39, 0.29) is 42.6 Å². The number of benzene rings is 7. The van der Waals surface area contributed by atoms with Gasteiger partial charge in [0, 0.05) is 16.7 Å². The molecule has 14 heteroatoms. The highest BCUT2D eigenvalue weighted by Gasteiger charge is 2.30. The van der Waals surface area contributed by atoms with Crippen molar-refractivity contribution in [3.05, 3.63) is 197 Å². The number of carbonyl (C=O) groups is 1. The largest absolute Gasteiger partial charge is 0.493 e. The third kappa shape index (κ3) is 30.2. The van der Waals surface area contributed by atoms with Gasteiger partial charge in [-0.3, -0.25) is 0 Å². The van der Waals surface area contributed by atoms with Crippen molar-refractivity contribution in [3.63, 3.8) is 0 Å². The topological polar surface area (TPSA) is 148 Å². The summed E-state index contributed by atoms with van der Waals surface area (Å²) in [5, 5.41) is 11.2. The van der Waals surface area contributed by atoms with Crippen LogP contribution in [-0.2, 0) is 34.0 Å². The molecule has 0 radical (unpaired) electrons. The van der Waals surface area contributed by atoms with E-state index in [1.54, 1.807) is 21.3 Å². The van der Waals surface area contributed by atoms with Gasteiger partial charge in [-0.05, 0) is 103 Å². The molecule has 0 aliphatic rings. The van der Waals surface area contributed by atoms with Gasteiger partial charge in [-0.25, -0.2) is 4.79 Å². The minimum Gasteiger partial charge on any atom is -0.493 e. The molecule has 14 nitrogen and oxygen atoms in total. The van der Waals surface area contributed by atoms with Crippen molar-refractivity contribution in [2.75, 3.05) is 41.2 Å². The molecule has 3 unspecified atom stereocenters. The maximum Gasteiger partial charge on any atom is 0.335 e. The zero-order chi connectivity index (χ0) is 71.9. The monoisotopic (exact) mass is 1400 g/mol. The van der Waals surface area contributed by atoms with E-state index in [4.69, 9.17) is 56.8 Å². The molecule has 3 atom stereocenters. The molecule has 102 heavy (non-hydrogen) atoms. The van der Waals surface area contributed by atoms with Gasteiger partial charge >= 0.3 is 5.97 Å². The third-order valence-corrected chi connectivity index (χ3v) is 18.3. The Labute approximate surface area is 611 Å². The molecule has 7 rings (SSSR count). The number of hydrogen-bond acceptors (Lipinski definition) is 13. The van der Waals surface area contributed by atoms with E-state index >= 15 is 0 Å². The van der Waals surface area contributed by atoms with Crippen LogP contribution in [0.2, 0.25) is 0 Å². The minimum absolute atomic E-state index is 0.0215. The van der Waals surface area contributed by atoms with E-state index < -0.39 is 24.8 Å². The molecule has 0 bridgehead atoms. The molecule has 7 aromatic rings.